The number of carbonyl (C=O) groups is 1. The van der Waals surface area contributed by atoms with Gasteiger partial charge in [-0.2, -0.15) is 0 Å². The maximum Gasteiger partial charge on any atom is 0.255 e. The van der Waals surface area contributed by atoms with Gasteiger partial charge in [0.15, 0.2) is 11.5 Å². The van der Waals surface area contributed by atoms with Crippen molar-refractivity contribution < 1.29 is 19.0 Å². The number of halogens is 2. The van der Waals surface area contributed by atoms with Gasteiger partial charge in [-0.25, -0.2) is 0 Å². The number of anilines is 1. The molecule has 154 valence electrons. The van der Waals surface area contributed by atoms with Crippen LogP contribution in [0, 0.1) is 0 Å². The van der Waals surface area contributed by atoms with Crippen LogP contribution in [0.4, 0.5) is 5.69 Å². The monoisotopic (exact) mass is 428 g/mol. The molecule has 0 unspecified atom stereocenters. The van der Waals surface area contributed by atoms with Crippen LogP contribution in [0.25, 0.3) is 0 Å². The van der Waals surface area contributed by atoms with Crippen LogP contribution in [0.3, 0.4) is 0 Å². The smallest absolute Gasteiger partial charge is 0.255 e. The molecule has 8 heteroatoms. The van der Waals surface area contributed by atoms with Gasteiger partial charge in [0, 0.05) is 12.6 Å². The lowest BCUT2D eigenvalue weighted by Gasteiger charge is -2.12. The third-order valence-electron chi connectivity index (χ3n) is 4.02. The average Bonchev–Trinajstić information content (AvgIpc) is 2.67. The molecule has 0 bridgehead atoms. The minimum atomic E-state index is -0.251. The Balaban J connectivity index is 0.00000392. The number of methoxy groups -OCH3 is 2. The molecular weight excluding hydrogens is 403 g/mol. The summed E-state index contributed by atoms with van der Waals surface area (Å²) in [6.45, 7) is 3.02. The van der Waals surface area contributed by atoms with Crippen molar-refractivity contribution in [2.75, 3.05) is 33.1 Å². The van der Waals surface area contributed by atoms with Crippen LogP contribution in [0.1, 0.15) is 29.3 Å². The summed E-state index contributed by atoms with van der Waals surface area (Å²) in [5.74, 6) is 1.58. The Bertz CT molecular complexity index is 800. The molecule has 0 aliphatic rings. The van der Waals surface area contributed by atoms with E-state index in [1.807, 2.05) is 25.1 Å². The van der Waals surface area contributed by atoms with Crippen molar-refractivity contribution in [3.8, 4) is 17.2 Å². The van der Waals surface area contributed by atoms with Crippen LogP contribution in [0.15, 0.2) is 30.3 Å². The Morgan fingerprint density at radius 1 is 1.11 bits per heavy atom. The van der Waals surface area contributed by atoms with Crippen molar-refractivity contribution in [3.05, 3.63) is 46.5 Å². The number of benzene rings is 2. The molecule has 2 rings (SSSR count). The fourth-order valence-electron chi connectivity index (χ4n) is 2.65. The lowest BCUT2D eigenvalue weighted by molar-refractivity contribution is 0.0950. The van der Waals surface area contributed by atoms with Gasteiger partial charge in [0.1, 0.15) is 5.75 Å². The van der Waals surface area contributed by atoms with Crippen LogP contribution in [0.2, 0.25) is 5.02 Å². The number of amides is 1. The second-order valence-electron chi connectivity index (χ2n) is 5.85. The maximum absolute atomic E-state index is 12.4. The summed E-state index contributed by atoms with van der Waals surface area (Å²) in [4.78, 5) is 12.4. The summed E-state index contributed by atoms with van der Waals surface area (Å²) in [7, 11) is 3.10. The molecular formula is C20H26Cl2N2O4. The molecule has 0 atom stereocenters. The van der Waals surface area contributed by atoms with Crippen LogP contribution >= 0.6 is 24.0 Å². The van der Waals surface area contributed by atoms with E-state index in [4.69, 9.17) is 31.5 Å². The van der Waals surface area contributed by atoms with Crippen molar-refractivity contribution in [2.45, 2.75) is 19.8 Å². The number of carbonyl (C=O) groups excluding carboxylic acids is 1. The van der Waals surface area contributed by atoms with E-state index in [2.05, 4.69) is 5.32 Å². The Kier molecular flexibility index (Phi) is 9.76. The third-order valence-corrected chi connectivity index (χ3v) is 4.35. The van der Waals surface area contributed by atoms with Gasteiger partial charge in [0.25, 0.3) is 5.91 Å². The first-order valence-electron chi connectivity index (χ1n) is 8.71. The topological polar surface area (TPSA) is 82.8 Å². The fourth-order valence-corrected chi connectivity index (χ4v) is 2.81. The zero-order valence-electron chi connectivity index (χ0n) is 16.2. The van der Waals surface area contributed by atoms with Crippen molar-refractivity contribution in [2.24, 2.45) is 0 Å². The summed E-state index contributed by atoms with van der Waals surface area (Å²) < 4.78 is 16.1. The van der Waals surface area contributed by atoms with Gasteiger partial charge in [-0.3, -0.25) is 4.79 Å². The number of aryl methyl sites for hydroxylation is 1. The molecule has 6 nitrogen and oxygen atoms in total. The summed E-state index contributed by atoms with van der Waals surface area (Å²) >= 11 is 6.01. The molecule has 0 aromatic heterocycles. The van der Waals surface area contributed by atoms with Gasteiger partial charge >= 0.3 is 0 Å². The minimum absolute atomic E-state index is 0. The molecule has 28 heavy (non-hydrogen) atoms. The van der Waals surface area contributed by atoms with Gasteiger partial charge < -0.3 is 25.3 Å². The van der Waals surface area contributed by atoms with Gasteiger partial charge in [-0.1, -0.05) is 17.7 Å². The van der Waals surface area contributed by atoms with Crippen LogP contribution in [0.5, 0.6) is 17.2 Å². The maximum atomic E-state index is 12.4. The molecule has 0 radical (unpaired) electrons. The predicted octanol–water partition coefficient (Wildman–Crippen LogP) is 4.12. The first-order valence-corrected chi connectivity index (χ1v) is 9.08. The molecule has 2 aromatic rings. The highest BCUT2D eigenvalue weighted by molar-refractivity contribution is 6.33. The van der Waals surface area contributed by atoms with Gasteiger partial charge in [-0.15, -0.1) is 12.4 Å². The second-order valence-corrected chi connectivity index (χ2v) is 6.26. The summed E-state index contributed by atoms with van der Waals surface area (Å²) in [5, 5.41) is 3.20. The molecule has 0 heterocycles. The normalized spacial score (nSPS) is 10.0. The van der Waals surface area contributed by atoms with Crippen LogP contribution in [-0.4, -0.2) is 33.3 Å². The molecule has 0 spiro atoms. The molecule has 0 fully saturated rings. The third kappa shape index (κ3) is 6.11. The van der Waals surface area contributed by atoms with Crippen molar-refractivity contribution >= 4 is 35.6 Å². The van der Waals surface area contributed by atoms with E-state index >= 15 is 0 Å². The Labute approximate surface area is 176 Å². The highest BCUT2D eigenvalue weighted by Gasteiger charge is 2.14. The quantitative estimate of drug-likeness (QED) is 0.463. The first kappa shape index (κ1) is 23.7. The van der Waals surface area contributed by atoms with Crippen LogP contribution < -0.4 is 25.3 Å². The lowest BCUT2D eigenvalue weighted by atomic mass is 10.1. The van der Waals surface area contributed by atoms with Crippen molar-refractivity contribution in [1.29, 1.82) is 0 Å². The number of hydrogen-bond donors (Lipinski definition) is 2. The number of rotatable bonds is 9. The molecule has 2 aromatic carbocycles. The van der Waals surface area contributed by atoms with Crippen LogP contribution in [-0.2, 0) is 6.42 Å². The van der Waals surface area contributed by atoms with Gasteiger partial charge in [0.05, 0.1) is 37.1 Å². The Morgan fingerprint density at radius 3 is 2.46 bits per heavy atom. The Hall–Kier alpha value is -2.31. The molecule has 0 saturated carbocycles. The van der Waals surface area contributed by atoms with Gasteiger partial charge in [0.2, 0.25) is 0 Å². The van der Waals surface area contributed by atoms with E-state index in [0.29, 0.717) is 40.9 Å². The zero-order valence-corrected chi connectivity index (χ0v) is 17.8. The lowest BCUT2D eigenvalue weighted by Crippen LogP contribution is -2.25. The SMILES string of the molecule is CCOc1cc(CCCNC(=O)c2cc(Cl)c(N)cc2OC)ccc1OC.Cl. The largest absolute Gasteiger partial charge is 0.496 e. The van der Waals surface area contributed by atoms with E-state index < -0.39 is 0 Å². The zero-order chi connectivity index (χ0) is 19.8. The average molecular weight is 429 g/mol. The van der Waals surface area contributed by atoms with E-state index in [0.717, 1.165) is 24.2 Å². The number of nitrogens with two attached hydrogens (primary N) is 1. The number of ether oxygens (including phenoxy) is 3. The molecule has 0 saturated heterocycles. The van der Waals surface area contributed by atoms with E-state index in [9.17, 15) is 4.79 Å². The highest BCUT2D eigenvalue weighted by Crippen LogP contribution is 2.29. The van der Waals surface area contributed by atoms with E-state index in [1.54, 1.807) is 13.2 Å². The summed E-state index contributed by atoms with van der Waals surface area (Å²) in [6.07, 6.45) is 1.57. The predicted molar refractivity (Wildman–Crippen MR) is 114 cm³/mol. The first-order chi connectivity index (χ1) is 13.0. The second kappa shape index (κ2) is 11.5. The van der Waals surface area contributed by atoms with Crippen molar-refractivity contribution in [3.63, 3.8) is 0 Å². The number of nitrogens with one attached hydrogen (secondary N) is 1. The molecule has 3 N–H and O–H groups in total. The Morgan fingerprint density at radius 2 is 1.82 bits per heavy atom. The van der Waals surface area contributed by atoms with Gasteiger partial charge in [-0.05, 0) is 43.5 Å². The summed E-state index contributed by atoms with van der Waals surface area (Å²) in [6, 6.07) is 8.91. The summed E-state index contributed by atoms with van der Waals surface area (Å²) in [5.41, 5.74) is 7.59. The van der Waals surface area contributed by atoms with Crippen molar-refractivity contribution in [1.82, 2.24) is 5.32 Å². The fraction of sp³-hybridized carbons (Fsp3) is 0.350. The van der Waals surface area contributed by atoms with E-state index in [-0.39, 0.29) is 18.3 Å². The molecule has 0 aliphatic carbocycles. The van der Waals surface area contributed by atoms with E-state index in [1.165, 1.54) is 13.2 Å². The molecule has 1 amide bonds. The molecule has 0 aliphatic heterocycles. The minimum Gasteiger partial charge on any atom is -0.496 e. The highest BCUT2D eigenvalue weighted by atomic mass is 35.5. The number of nitrogen functional groups attached to an aromatic ring is 1. The standard InChI is InChI=1S/C20H25ClN2O4.ClH/c1-4-27-19-10-13(7-8-17(19)25-2)6-5-9-23-20(24)14-11-15(21)16(22)12-18(14)26-3;/h7-8,10-12H,4-6,9,22H2,1-3H3,(H,23,24);1H. The number of hydrogen-bond acceptors (Lipinski definition) is 5.